The molecule has 0 bridgehead atoms. The minimum Gasteiger partial charge on any atom is -0.444 e. The summed E-state index contributed by atoms with van der Waals surface area (Å²) in [6.07, 6.45) is -0.733. The van der Waals surface area contributed by atoms with Gasteiger partial charge < -0.3 is 20.3 Å². The van der Waals surface area contributed by atoms with Gasteiger partial charge in [0.1, 0.15) is 17.7 Å². The lowest BCUT2D eigenvalue weighted by Crippen LogP contribution is -2.55. The van der Waals surface area contributed by atoms with Gasteiger partial charge in [0.05, 0.1) is 10.7 Å². The fourth-order valence-corrected chi connectivity index (χ4v) is 4.65. The van der Waals surface area contributed by atoms with Crippen molar-refractivity contribution in [1.82, 2.24) is 10.2 Å². The maximum Gasteiger partial charge on any atom is 0.408 e. The summed E-state index contributed by atoms with van der Waals surface area (Å²) in [5.74, 6) is -0.841. The van der Waals surface area contributed by atoms with Gasteiger partial charge in [0.25, 0.3) is 5.91 Å². The molecule has 2 unspecified atom stereocenters. The number of carbonyl (C=O) groups excluding carboxylic acids is 3. The fourth-order valence-electron chi connectivity index (χ4n) is 4.13. The highest BCUT2D eigenvalue weighted by Gasteiger charge is 2.39. The lowest BCUT2D eigenvalue weighted by molar-refractivity contribution is -0.142. The number of hydrogen-bond acceptors (Lipinski definition) is 5. The van der Waals surface area contributed by atoms with Gasteiger partial charge in [-0.15, -0.1) is 0 Å². The molecule has 9 heteroatoms. The Morgan fingerprint density at radius 1 is 1.00 bits per heavy atom. The average Bonchev–Trinajstić information content (AvgIpc) is 2.77. The van der Waals surface area contributed by atoms with Crippen LogP contribution in [-0.4, -0.2) is 46.2 Å². The third-order valence-corrected chi connectivity index (χ3v) is 6.47. The van der Waals surface area contributed by atoms with Crippen LogP contribution in [0, 0.1) is 20.8 Å². The van der Waals surface area contributed by atoms with Crippen molar-refractivity contribution in [1.29, 1.82) is 0 Å². The van der Waals surface area contributed by atoms with Crippen molar-refractivity contribution >= 4 is 47.8 Å². The molecule has 0 aromatic heterocycles. The van der Waals surface area contributed by atoms with E-state index in [1.807, 2.05) is 58.9 Å². The SMILES string of the molecule is Cc1cccc(Cl)c1NC(=O)C(c1c(C)cccc1C)N(C(=O)C(CS)NC(=O)OC(C)(C)C)C(C)C. The molecular formula is C28H38ClN3O4S. The summed E-state index contributed by atoms with van der Waals surface area (Å²) in [6.45, 7) is 14.5. The fraction of sp³-hybridized carbons (Fsp3) is 0.464. The van der Waals surface area contributed by atoms with Crippen molar-refractivity contribution in [2.75, 3.05) is 11.1 Å². The molecule has 0 saturated heterocycles. The summed E-state index contributed by atoms with van der Waals surface area (Å²) >= 11 is 10.7. The third kappa shape index (κ3) is 7.89. The Labute approximate surface area is 230 Å². The number of halogens is 1. The minimum atomic E-state index is -1.01. The number of alkyl carbamates (subject to hydrolysis) is 1. The first-order chi connectivity index (χ1) is 17.2. The summed E-state index contributed by atoms with van der Waals surface area (Å²) in [5.41, 5.74) is 2.97. The molecule has 0 heterocycles. The number of hydrogen-bond donors (Lipinski definition) is 3. The zero-order valence-electron chi connectivity index (χ0n) is 22.8. The van der Waals surface area contributed by atoms with Crippen LogP contribution in [0.1, 0.15) is 62.9 Å². The van der Waals surface area contributed by atoms with Crippen LogP contribution in [0.4, 0.5) is 10.5 Å². The van der Waals surface area contributed by atoms with Crippen molar-refractivity contribution in [3.63, 3.8) is 0 Å². The number of benzene rings is 2. The highest BCUT2D eigenvalue weighted by atomic mass is 35.5. The zero-order valence-corrected chi connectivity index (χ0v) is 24.5. The van der Waals surface area contributed by atoms with Gasteiger partial charge in [-0.25, -0.2) is 4.79 Å². The maximum absolute atomic E-state index is 14.0. The van der Waals surface area contributed by atoms with Crippen LogP contribution in [-0.2, 0) is 14.3 Å². The summed E-state index contributed by atoms with van der Waals surface area (Å²) in [6, 6.07) is 8.67. The smallest absolute Gasteiger partial charge is 0.408 e. The summed E-state index contributed by atoms with van der Waals surface area (Å²) in [5, 5.41) is 5.97. The van der Waals surface area contributed by atoms with Crippen LogP contribution in [0.15, 0.2) is 36.4 Å². The normalized spacial score (nSPS) is 13.1. The summed E-state index contributed by atoms with van der Waals surface area (Å²) in [4.78, 5) is 41.9. The Morgan fingerprint density at radius 2 is 1.54 bits per heavy atom. The van der Waals surface area contributed by atoms with Gasteiger partial charge >= 0.3 is 6.09 Å². The molecular weight excluding hydrogens is 510 g/mol. The zero-order chi connectivity index (χ0) is 28.1. The monoisotopic (exact) mass is 547 g/mol. The standard InChI is InChI=1S/C28H38ClN3O4S/c1-16(2)32(26(34)21(15-37)30-27(35)36-28(6,7)8)24(22-17(3)11-9-12-18(22)4)25(33)31-23-19(5)13-10-14-20(23)29/h9-14,16,21,24,37H,15H2,1-8H3,(H,30,35)(H,31,33). The molecule has 3 amide bonds. The molecule has 2 atom stereocenters. The number of aryl methyl sites for hydroxylation is 3. The first kappa shape index (κ1) is 30.5. The van der Waals surface area contributed by atoms with E-state index in [0.717, 1.165) is 16.7 Å². The number of nitrogens with zero attached hydrogens (tertiary/aromatic N) is 1. The van der Waals surface area contributed by atoms with Gasteiger partial charge in [-0.1, -0.05) is 41.9 Å². The summed E-state index contributed by atoms with van der Waals surface area (Å²) < 4.78 is 5.35. The van der Waals surface area contributed by atoms with Gasteiger partial charge in [0.15, 0.2) is 0 Å². The Hall–Kier alpha value is -2.71. The van der Waals surface area contributed by atoms with Crippen molar-refractivity contribution in [3.8, 4) is 0 Å². The van der Waals surface area contributed by atoms with Gasteiger partial charge in [-0.3, -0.25) is 9.59 Å². The first-order valence-corrected chi connectivity index (χ1v) is 13.2. The average molecular weight is 548 g/mol. The van der Waals surface area contributed by atoms with E-state index in [4.69, 9.17) is 16.3 Å². The van der Waals surface area contributed by atoms with Crippen molar-refractivity contribution in [3.05, 3.63) is 63.7 Å². The van der Waals surface area contributed by atoms with E-state index in [1.165, 1.54) is 4.90 Å². The second-order valence-corrected chi connectivity index (χ2v) is 11.1. The van der Waals surface area contributed by atoms with Crippen LogP contribution in [0.25, 0.3) is 0 Å². The highest BCUT2D eigenvalue weighted by molar-refractivity contribution is 7.80. The van der Waals surface area contributed by atoms with Crippen LogP contribution in [0.2, 0.25) is 5.02 Å². The Balaban J connectivity index is 2.58. The van der Waals surface area contributed by atoms with E-state index in [2.05, 4.69) is 23.3 Å². The number of nitrogens with one attached hydrogen (secondary N) is 2. The number of ether oxygens (including phenoxy) is 1. The molecule has 7 nitrogen and oxygen atoms in total. The number of anilines is 1. The largest absolute Gasteiger partial charge is 0.444 e. The quantitative estimate of drug-likeness (QED) is 0.353. The predicted molar refractivity (Wildman–Crippen MR) is 152 cm³/mol. The Kier molecular flexibility index (Phi) is 10.5. The van der Waals surface area contributed by atoms with Crippen molar-refractivity contribution in [2.24, 2.45) is 0 Å². The molecule has 0 fully saturated rings. The molecule has 0 aliphatic carbocycles. The topological polar surface area (TPSA) is 87.7 Å². The number of rotatable bonds is 8. The predicted octanol–water partition coefficient (Wildman–Crippen LogP) is 6.01. The second-order valence-electron chi connectivity index (χ2n) is 10.3. The number of amides is 3. The van der Waals surface area contributed by atoms with Crippen LogP contribution in [0.3, 0.4) is 0 Å². The number of thiol groups is 1. The molecule has 202 valence electrons. The number of carbonyl (C=O) groups is 3. The molecule has 0 saturated carbocycles. The Bertz CT molecular complexity index is 1110. The third-order valence-electron chi connectivity index (χ3n) is 5.79. The van der Waals surface area contributed by atoms with Crippen LogP contribution >= 0.6 is 24.2 Å². The molecule has 0 spiro atoms. The first-order valence-electron chi connectivity index (χ1n) is 12.2. The van der Waals surface area contributed by atoms with Crippen molar-refractivity contribution < 1.29 is 19.1 Å². The highest BCUT2D eigenvalue weighted by Crippen LogP contribution is 2.33. The molecule has 2 aromatic carbocycles. The van der Waals surface area contributed by atoms with E-state index in [-0.39, 0.29) is 5.75 Å². The molecule has 0 radical (unpaired) electrons. The van der Waals surface area contributed by atoms with Gasteiger partial charge in [0, 0.05) is 11.8 Å². The van der Waals surface area contributed by atoms with Crippen molar-refractivity contribution in [2.45, 2.75) is 79.1 Å². The molecule has 0 aliphatic heterocycles. The van der Waals surface area contributed by atoms with E-state index in [1.54, 1.807) is 32.9 Å². The molecule has 2 aromatic rings. The van der Waals surface area contributed by atoms with Crippen LogP contribution in [0.5, 0.6) is 0 Å². The number of para-hydroxylation sites is 1. The maximum atomic E-state index is 14.0. The van der Waals surface area contributed by atoms with E-state index in [9.17, 15) is 14.4 Å². The molecule has 2 N–H and O–H groups in total. The van der Waals surface area contributed by atoms with Gasteiger partial charge in [0.2, 0.25) is 5.91 Å². The minimum absolute atomic E-state index is 0.0199. The molecule has 0 aliphatic rings. The molecule has 2 rings (SSSR count). The Morgan fingerprint density at radius 3 is 2.03 bits per heavy atom. The van der Waals surface area contributed by atoms with Gasteiger partial charge in [-0.05, 0) is 83.7 Å². The lowest BCUT2D eigenvalue weighted by atomic mass is 9.92. The lowest BCUT2D eigenvalue weighted by Gasteiger charge is -2.38. The molecule has 37 heavy (non-hydrogen) atoms. The van der Waals surface area contributed by atoms with E-state index < -0.39 is 41.6 Å². The van der Waals surface area contributed by atoms with Crippen LogP contribution < -0.4 is 10.6 Å². The second kappa shape index (κ2) is 12.7. The van der Waals surface area contributed by atoms with E-state index >= 15 is 0 Å². The summed E-state index contributed by atoms with van der Waals surface area (Å²) in [7, 11) is 0. The van der Waals surface area contributed by atoms with Gasteiger partial charge in [-0.2, -0.15) is 12.6 Å². The van der Waals surface area contributed by atoms with E-state index in [0.29, 0.717) is 16.3 Å².